The Hall–Kier alpha value is -4.14. The molecule has 1 amide bonds. The fourth-order valence-electron chi connectivity index (χ4n) is 2.79. The van der Waals surface area contributed by atoms with Crippen molar-refractivity contribution >= 4 is 17.6 Å². The third kappa shape index (κ3) is 5.27. The zero-order valence-corrected chi connectivity index (χ0v) is 16.4. The van der Waals surface area contributed by atoms with Gasteiger partial charge in [0.05, 0.1) is 19.4 Å². The molecule has 0 saturated carbocycles. The number of rotatable bonds is 6. The lowest BCUT2D eigenvalue weighted by molar-refractivity contribution is -0.119. The number of esters is 1. The number of aromatic nitrogens is 2. The molecule has 31 heavy (non-hydrogen) atoms. The SMILES string of the molecule is O=C(COC(=O)c1cccnc1Oc1cccnc1)Nc1ccc2c(c1)OCCCO2. The van der Waals surface area contributed by atoms with Crippen LogP contribution in [0.5, 0.6) is 23.1 Å². The van der Waals surface area contributed by atoms with Crippen molar-refractivity contribution in [2.45, 2.75) is 6.42 Å². The number of hydrogen-bond donors (Lipinski definition) is 1. The average molecular weight is 421 g/mol. The molecule has 4 rings (SSSR count). The van der Waals surface area contributed by atoms with Gasteiger partial charge >= 0.3 is 5.97 Å². The minimum absolute atomic E-state index is 0.0591. The van der Waals surface area contributed by atoms with Gasteiger partial charge in [0, 0.05) is 30.6 Å². The molecule has 9 nitrogen and oxygen atoms in total. The highest BCUT2D eigenvalue weighted by atomic mass is 16.5. The molecule has 1 aromatic carbocycles. The molecule has 158 valence electrons. The summed E-state index contributed by atoms with van der Waals surface area (Å²) in [5.41, 5.74) is 0.599. The van der Waals surface area contributed by atoms with Gasteiger partial charge in [-0.15, -0.1) is 0 Å². The van der Waals surface area contributed by atoms with Crippen LogP contribution in [0.2, 0.25) is 0 Å². The van der Waals surface area contributed by atoms with Crippen molar-refractivity contribution < 1.29 is 28.5 Å². The topological polar surface area (TPSA) is 109 Å². The number of nitrogens with zero attached hydrogens (tertiary/aromatic N) is 2. The molecule has 0 spiro atoms. The van der Waals surface area contributed by atoms with Crippen LogP contribution in [0.1, 0.15) is 16.8 Å². The number of carbonyl (C=O) groups is 2. The van der Waals surface area contributed by atoms with Crippen LogP contribution in [-0.2, 0) is 9.53 Å². The lowest BCUT2D eigenvalue weighted by Gasteiger charge is -2.11. The van der Waals surface area contributed by atoms with Gasteiger partial charge in [0.25, 0.3) is 5.91 Å². The largest absolute Gasteiger partial charge is 0.490 e. The number of nitrogens with one attached hydrogen (secondary N) is 1. The molecule has 0 radical (unpaired) electrons. The van der Waals surface area contributed by atoms with Gasteiger partial charge in [0.15, 0.2) is 18.1 Å². The van der Waals surface area contributed by atoms with Crippen molar-refractivity contribution in [1.29, 1.82) is 0 Å². The predicted molar refractivity (Wildman–Crippen MR) is 110 cm³/mol. The fraction of sp³-hybridized carbons (Fsp3) is 0.182. The minimum atomic E-state index is -0.735. The van der Waals surface area contributed by atoms with E-state index in [9.17, 15) is 9.59 Å². The van der Waals surface area contributed by atoms with Crippen molar-refractivity contribution in [3.8, 4) is 23.1 Å². The van der Waals surface area contributed by atoms with E-state index in [2.05, 4.69) is 15.3 Å². The number of amides is 1. The van der Waals surface area contributed by atoms with Crippen molar-refractivity contribution in [1.82, 2.24) is 9.97 Å². The summed E-state index contributed by atoms with van der Waals surface area (Å²) < 4.78 is 21.9. The van der Waals surface area contributed by atoms with Crippen LogP contribution in [0, 0.1) is 0 Å². The number of carbonyl (C=O) groups excluding carboxylic acids is 2. The average Bonchev–Trinajstić information content (AvgIpc) is 3.04. The Balaban J connectivity index is 1.36. The highest BCUT2D eigenvalue weighted by Gasteiger charge is 2.18. The molecule has 0 aliphatic carbocycles. The number of ether oxygens (including phenoxy) is 4. The zero-order chi connectivity index (χ0) is 21.5. The molecule has 1 N–H and O–H groups in total. The first-order valence-corrected chi connectivity index (χ1v) is 9.58. The van der Waals surface area contributed by atoms with Gasteiger partial charge in [-0.05, 0) is 36.4 Å². The molecular formula is C22H19N3O6. The number of anilines is 1. The Bertz CT molecular complexity index is 1070. The Morgan fingerprint density at radius 1 is 1.03 bits per heavy atom. The van der Waals surface area contributed by atoms with Crippen LogP contribution in [-0.4, -0.2) is 41.7 Å². The van der Waals surface area contributed by atoms with Gasteiger partial charge in [-0.3, -0.25) is 9.78 Å². The molecule has 0 unspecified atom stereocenters. The first kappa shape index (κ1) is 20.1. The van der Waals surface area contributed by atoms with E-state index in [1.165, 1.54) is 18.5 Å². The predicted octanol–water partition coefficient (Wildman–Crippen LogP) is 3.23. The van der Waals surface area contributed by atoms with Gasteiger partial charge in [0.2, 0.25) is 5.88 Å². The van der Waals surface area contributed by atoms with E-state index in [1.54, 1.807) is 42.6 Å². The van der Waals surface area contributed by atoms with Gasteiger partial charge < -0.3 is 24.3 Å². The smallest absolute Gasteiger partial charge is 0.344 e. The van der Waals surface area contributed by atoms with Crippen LogP contribution >= 0.6 is 0 Å². The van der Waals surface area contributed by atoms with Crippen LogP contribution in [0.15, 0.2) is 61.1 Å². The highest BCUT2D eigenvalue weighted by Crippen LogP contribution is 2.32. The van der Waals surface area contributed by atoms with Gasteiger partial charge in [-0.25, -0.2) is 9.78 Å². The highest BCUT2D eigenvalue weighted by molar-refractivity contribution is 5.96. The number of pyridine rings is 2. The Kier molecular flexibility index (Phi) is 6.22. The monoisotopic (exact) mass is 421 g/mol. The molecule has 0 fully saturated rings. The maximum absolute atomic E-state index is 12.5. The van der Waals surface area contributed by atoms with Gasteiger partial charge in [-0.1, -0.05) is 0 Å². The summed E-state index contributed by atoms with van der Waals surface area (Å²) in [4.78, 5) is 32.7. The summed E-state index contributed by atoms with van der Waals surface area (Å²) in [6, 6.07) is 11.5. The molecule has 2 aromatic heterocycles. The standard InChI is InChI=1S/C22H19N3O6/c26-20(25-15-6-7-18-19(12-15)29-11-3-10-28-18)14-30-22(27)17-5-2-9-24-21(17)31-16-4-1-8-23-13-16/h1-2,4-9,12-13H,3,10-11,14H2,(H,25,26). The van der Waals surface area contributed by atoms with Crippen LogP contribution < -0.4 is 19.5 Å². The van der Waals surface area contributed by atoms with E-state index in [-0.39, 0.29) is 11.4 Å². The summed E-state index contributed by atoms with van der Waals surface area (Å²) in [6.45, 7) is 0.639. The first-order valence-electron chi connectivity index (χ1n) is 9.58. The third-order valence-electron chi connectivity index (χ3n) is 4.21. The lowest BCUT2D eigenvalue weighted by Crippen LogP contribution is -2.21. The molecule has 0 atom stereocenters. The molecule has 0 saturated heterocycles. The molecule has 3 aromatic rings. The Morgan fingerprint density at radius 3 is 2.71 bits per heavy atom. The van der Waals surface area contributed by atoms with Crippen molar-refractivity contribution in [3.63, 3.8) is 0 Å². The molecule has 9 heteroatoms. The van der Waals surface area contributed by atoms with Crippen LogP contribution in [0.3, 0.4) is 0 Å². The fourth-order valence-corrected chi connectivity index (χ4v) is 2.79. The second-order valence-electron chi connectivity index (χ2n) is 6.48. The number of benzene rings is 1. The molecule has 1 aliphatic rings. The van der Waals surface area contributed by atoms with Gasteiger partial charge in [-0.2, -0.15) is 0 Å². The van der Waals surface area contributed by atoms with Crippen LogP contribution in [0.4, 0.5) is 5.69 Å². The second kappa shape index (κ2) is 9.57. The maximum atomic E-state index is 12.5. The van der Waals surface area contributed by atoms with E-state index in [4.69, 9.17) is 18.9 Å². The summed E-state index contributed by atoms with van der Waals surface area (Å²) >= 11 is 0. The zero-order valence-electron chi connectivity index (χ0n) is 16.4. The maximum Gasteiger partial charge on any atom is 0.344 e. The van der Waals surface area contributed by atoms with E-state index in [0.717, 1.165) is 6.42 Å². The lowest BCUT2D eigenvalue weighted by atomic mass is 10.2. The van der Waals surface area contributed by atoms with E-state index < -0.39 is 18.5 Å². The first-order chi connectivity index (χ1) is 15.2. The molecular weight excluding hydrogens is 402 g/mol. The summed E-state index contributed by atoms with van der Waals surface area (Å²) in [6.07, 6.45) is 5.36. The van der Waals surface area contributed by atoms with E-state index in [1.807, 2.05) is 0 Å². The molecule has 0 bridgehead atoms. The van der Waals surface area contributed by atoms with Gasteiger partial charge in [0.1, 0.15) is 11.3 Å². The quantitative estimate of drug-likeness (QED) is 0.605. The Morgan fingerprint density at radius 2 is 1.87 bits per heavy atom. The minimum Gasteiger partial charge on any atom is -0.490 e. The third-order valence-corrected chi connectivity index (χ3v) is 4.21. The summed E-state index contributed by atoms with van der Waals surface area (Å²) in [5.74, 6) is 0.424. The molecule has 1 aliphatic heterocycles. The summed E-state index contributed by atoms with van der Waals surface area (Å²) in [7, 11) is 0. The van der Waals surface area contributed by atoms with Crippen molar-refractivity contribution in [2.75, 3.05) is 25.1 Å². The van der Waals surface area contributed by atoms with E-state index >= 15 is 0 Å². The normalized spacial score (nSPS) is 12.4. The molecule has 3 heterocycles. The van der Waals surface area contributed by atoms with Crippen molar-refractivity contribution in [3.05, 3.63) is 66.6 Å². The Labute approximate surface area is 177 Å². The second-order valence-corrected chi connectivity index (χ2v) is 6.48. The number of fused-ring (bicyclic) bond motifs is 1. The summed E-state index contributed by atoms with van der Waals surface area (Å²) in [5, 5.41) is 2.67. The van der Waals surface area contributed by atoms with Crippen LogP contribution in [0.25, 0.3) is 0 Å². The van der Waals surface area contributed by atoms with E-state index in [0.29, 0.717) is 36.1 Å². The van der Waals surface area contributed by atoms with Crippen molar-refractivity contribution in [2.24, 2.45) is 0 Å². The number of hydrogen-bond acceptors (Lipinski definition) is 8.